The van der Waals surface area contributed by atoms with Gasteiger partial charge in [-0.05, 0) is 30.4 Å². The van der Waals surface area contributed by atoms with Crippen LogP contribution in [0, 0.1) is 6.92 Å². The molecular weight excluding hydrogens is 443 g/mol. The van der Waals surface area contributed by atoms with Gasteiger partial charge >= 0.3 is 0 Å². The van der Waals surface area contributed by atoms with E-state index in [1.807, 2.05) is 6.20 Å². The largest absolute Gasteiger partial charge is 0.357 e. The fourth-order valence-electron chi connectivity index (χ4n) is 2.26. The predicted molar refractivity (Wildman–Crippen MR) is 119 cm³/mol. The summed E-state index contributed by atoms with van der Waals surface area (Å²) >= 11 is 1.71. The highest BCUT2D eigenvalue weighted by molar-refractivity contribution is 14.0. The molecule has 0 fully saturated rings. The zero-order valence-electron chi connectivity index (χ0n) is 15.7. The van der Waals surface area contributed by atoms with Gasteiger partial charge in [0.1, 0.15) is 5.01 Å². The summed E-state index contributed by atoms with van der Waals surface area (Å²) < 4.78 is 0. The maximum absolute atomic E-state index is 4.67. The Labute approximate surface area is 172 Å². The van der Waals surface area contributed by atoms with Gasteiger partial charge in [0.2, 0.25) is 0 Å². The number of rotatable bonds is 5. The lowest BCUT2D eigenvalue weighted by Crippen LogP contribution is -2.36. The van der Waals surface area contributed by atoms with E-state index < -0.39 is 0 Å². The van der Waals surface area contributed by atoms with E-state index in [4.69, 9.17) is 0 Å². The number of aryl methyl sites for hydroxylation is 1. The Balaban J connectivity index is 0.00000312. The van der Waals surface area contributed by atoms with E-state index in [9.17, 15) is 0 Å². The molecule has 0 aliphatic heterocycles. The van der Waals surface area contributed by atoms with Crippen molar-refractivity contribution in [1.82, 2.24) is 15.6 Å². The van der Waals surface area contributed by atoms with Crippen LogP contribution in [-0.2, 0) is 18.5 Å². The topological polar surface area (TPSA) is 49.3 Å². The average molecular weight is 472 g/mol. The van der Waals surface area contributed by atoms with Gasteiger partial charge in [0.05, 0.1) is 13.1 Å². The third-order valence-electron chi connectivity index (χ3n) is 3.66. The van der Waals surface area contributed by atoms with Gasteiger partial charge in [-0.15, -0.1) is 35.3 Å². The first-order valence-corrected chi connectivity index (χ1v) is 9.23. The van der Waals surface area contributed by atoms with Crippen molar-refractivity contribution in [1.29, 1.82) is 0 Å². The van der Waals surface area contributed by atoms with E-state index in [1.165, 1.54) is 16.0 Å². The second-order valence-corrected chi connectivity index (χ2v) is 8.18. The third kappa shape index (κ3) is 7.32. The zero-order chi connectivity index (χ0) is 17.6. The molecule has 2 rings (SSSR count). The molecule has 0 aliphatic rings. The number of thiazole rings is 1. The molecule has 0 atom stereocenters. The summed E-state index contributed by atoms with van der Waals surface area (Å²) in [6.07, 6.45) is 1.91. The van der Waals surface area contributed by atoms with Crippen LogP contribution in [0.25, 0.3) is 0 Å². The van der Waals surface area contributed by atoms with E-state index in [1.54, 1.807) is 11.3 Å². The molecule has 6 heteroatoms. The summed E-state index contributed by atoms with van der Waals surface area (Å²) in [7, 11) is 0. The molecule has 0 unspecified atom stereocenters. The third-order valence-corrected chi connectivity index (χ3v) is 4.57. The second-order valence-electron chi connectivity index (χ2n) is 6.86. The van der Waals surface area contributed by atoms with E-state index in [-0.39, 0.29) is 29.4 Å². The van der Waals surface area contributed by atoms with Crippen LogP contribution < -0.4 is 10.6 Å². The highest BCUT2D eigenvalue weighted by Crippen LogP contribution is 2.22. The number of benzene rings is 1. The standard InChI is InChI=1S/C19H28N4S.HI/c1-6-20-18(23-13-17-21-11-14(2)24-17)22-12-15-7-9-16(10-8-15)19(3,4)5;/h7-11H,6,12-13H2,1-5H3,(H2,20,22,23);1H. The minimum Gasteiger partial charge on any atom is -0.357 e. The molecule has 0 spiro atoms. The van der Waals surface area contributed by atoms with E-state index in [2.05, 4.69) is 79.5 Å². The summed E-state index contributed by atoms with van der Waals surface area (Å²) in [5.74, 6) is 0.824. The van der Waals surface area contributed by atoms with Crippen LogP contribution in [0.4, 0.5) is 0 Å². The molecule has 0 aliphatic carbocycles. The quantitative estimate of drug-likeness (QED) is 0.379. The number of aromatic nitrogens is 1. The number of guanidine groups is 1. The molecule has 138 valence electrons. The Kier molecular flexibility index (Phi) is 8.85. The molecule has 1 aromatic heterocycles. The lowest BCUT2D eigenvalue weighted by atomic mass is 9.87. The van der Waals surface area contributed by atoms with Gasteiger partial charge in [0.15, 0.2) is 5.96 Å². The van der Waals surface area contributed by atoms with Crippen molar-refractivity contribution in [3.8, 4) is 0 Å². The molecule has 2 aromatic rings. The lowest BCUT2D eigenvalue weighted by molar-refractivity contribution is 0.590. The van der Waals surface area contributed by atoms with Crippen LogP contribution in [0.1, 0.15) is 48.7 Å². The van der Waals surface area contributed by atoms with Crippen molar-refractivity contribution >= 4 is 41.3 Å². The van der Waals surface area contributed by atoms with Crippen LogP contribution in [0.3, 0.4) is 0 Å². The molecule has 2 N–H and O–H groups in total. The normalized spacial score (nSPS) is 11.8. The maximum Gasteiger partial charge on any atom is 0.191 e. The van der Waals surface area contributed by atoms with Crippen LogP contribution in [0.5, 0.6) is 0 Å². The summed E-state index contributed by atoms with van der Waals surface area (Å²) in [5.41, 5.74) is 2.74. The number of hydrogen-bond donors (Lipinski definition) is 2. The lowest BCUT2D eigenvalue weighted by Gasteiger charge is -2.19. The summed E-state index contributed by atoms with van der Waals surface area (Å²) in [4.78, 5) is 10.3. The number of aliphatic imine (C=N–C) groups is 1. The molecule has 0 bridgehead atoms. The smallest absolute Gasteiger partial charge is 0.191 e. The van der Waals surface area contributed by atoms with Crippen LogP contribution in [0.2, 0.25) is 0 Å². The molecule has 0 saturated heterocycles. The number of nitrogens with zero attached hydrogens (tertiary/aromatic N) is 2. The number of hydrogen-bond acceptors (Lipinski definition) is 3. The molecule has 0 saturated carbocycles. The van der Waals surface area contributed by atoms with Crippen molar-refractivity contribution < 1.29 is 0 Å². The fourth-order valence-corrected chi connectivity index (χ4v) is 2.99. The number of halogens is 1. The van der Waals surface area contributed by atoms with Crippen molar-refractivity contribution in [2.75, 3.05) is 6.54 Å². The van der Waals surface area contributed by atoms with Gasteiger partial charge in [-0.25, -0.2) is 9.98 Å². The first-order chi connectivity index (χ1) is 11.4. The van der Waals surface area contributed by atoms with Crippen molar-refractivity contribution in [3.63, 3.8) is 0 Å². The van der Waals surface area contributed by atoms with Crippen LogP contribution in [-0.4, -0.2) is 17.5 Å². The highest BCUT2D eigenvalue weighted by atomic mass is 127. The molecular formula is C19H29IN4S. The van der Waals surface area contributed by atoms with Gasteiger partial charge in [0, 0.05) is 17.6 Å². The molecule has 1 heterocycles. The Hall–Kier alpha value is -1.15. The van der Waals surface area contributed by atoms with E-state index in [0.29, 0.717) is 13.1 Å². The first kappa shape index (κ1) is 21.9. The summed E-state index contributed by atoms with van der Waals surface area (Å²) in [6, 6.07) is 8.72. The second kappa shape index (κ2) is 10.1. The Bertz CT molecular complexity index is 671. The van der Waals surface area contributed by atoms with Crippen molar-refractivity contribution in [3.05, 3.63) is 51.5 Å². The van der Waals surface area contributed by atoms with Gasteiger partial charge in [0.25, 0.3) is 0 Å². The summed E-state index contributed by atoms with van der Waals surface area (Å²) in [5, 5.41) is 7.70. The molecule has 4 nitrogen and oxygen atoms in total. The molecule has 1 aromatic carbocycles. The van der Waals surface area contributed by atoms with Gasteiger partial charge < -0.3 is 10.6 Å². The Morgan fingerprint density at radius 3 is 2.36 bits per heavy atom. The highest BCUT2D eigenvalue weighted by Gasteiger charge is 2.12. The average Bonchev–Trinajstić information content (AvgIpc) is 2.95. The first-order valence-electron chi connectivity index (χ1n) is 8.41. The van der Waals surface area contributed by atoms with E-state index >= 15 is 0 Å². The van der Waals surface area contributed by atoms with Gasteiger partial charge in [-0.2, -0.15) is 0 Å². The zero-order valence-corrected chi connectivity index (χ0v) is 18.9. The maximum atomic E-state index is 4.67. The SMILES string of the molecule is CCNC(=NCc1ccc(C(C)(C)C)cc1)NCc1ncc(C)s1.I. The monoisotopic (exact) mass is 472 g/mol. The minimum absolute atomic E-state index is 0. The van der Waals surface area contributed by atoms with Gasteiger partial charge in [-0.1, -0.05) is 45.0 Å². The molecule has 0 amide bonds. The van der Waals surface area contributed by atoms with Crippen LogP contribution in [0.15, 0.2) is 35.5 Å². The molecule has 0 radical (unpaired) electrons. The van der Waals surface area contributed by atoms with E-state index in [0.717, 1.165) is 17.5 Å². The predicted octanol–water partition coefficient (Wildman–Crippen LogP) is 4.62. The Morgan fingerprint density at radius 1 is 1.16 bits per heavy atom. The van der Waals surface area contributed by atoms with Gasteiger partial charge in [-0.3, -0.25) is 0 Å². The summed E-state index contributed by atoms with van der Waals surface area (Å²) in [6.45, 7) is 13.0. The number of nitrogens with one attached hydrogen (secondary N) is 2. The Morgan fingerprint density at radius 2 is 1.84 bits per heavy atom. The van der Waals surface area contributed by atoms with Crippen molar-refractivity contribution in [2.24, 2.45) is 4.99 Å². The van der Waals surface area contributed by atoms with Crippen LogP contribution >= 0.6 is 35.3 Å². The molecule has 25 heavy (non-hydrogen) atoms. The fraction of sp³-hybridized carbons (Fsp3) is 0.474. The minimum atomic E-state index is 0. The van der Waals surface area contributed by atoms with Crippen molar-refractivity contribution in [2.45, 2.75) is 53.1 Å².